The van der Waals surface area contributed by atoms with Crippen LogP contribution in [0.3, 0.4) is 0 Å². The fourth-order valence-electron chi connectivity index (χ4n) is 1.65. The van der Waals surface area contributed by atoms with Crippen LogP contribution >= 0.6 is 11.6 Å². The molecule has 2 rings (SSSR count). The van der Waals surface area contributed by atoms with E-state index in [0.717, 1.165) is 0 Å². The molecule has 8 heteroatoms. The molecular formula is C14H12ClN5O2. The molecule has 0 bridgehead atoms. The van der Waals surface area contributed by atoms with Crippen molar-refractivity contribution in [1.82, 2.24) is 14.8 Å². The first-order valence-electron chi connectivity index (χ1n) is 6.34. The number of halogens is 1. The molecule has 7 nitrogen and oxygen atoms in total. The molecule has 0 atom stereocenters. The Morgan fingerprint density at radius 2 is 2.41 bits per heavy atom. The number of hydrogen-bond donors (Lipinski definition) is 1. The van der Waals surface area contributed by atoms with E-state index in [0.29, 0.717) is 16.4 Å². The second kappa shape index (κ2) is 7.24. The zero-order valence-corrected chi connectivity index (χ0v) is 12.4. The van der Waals surface area contributed by atoms with E-state index >= 15 is 0 Å². The first kappa shape index (κ1) is 15.5. The van der Waals surface area contributed by atoms with Gasteiger partial charge in [0.1, 0.15) is 18.7 Å². The summed E-state index contributed by atoms with van der Waals surface area (Å²) < 4.78 is 6.32. The lowest BCUT2D eigenvalue weighted by Gasteiger charge is -2.09. The molecule has 22 heavy (non-hydrogen) atoms. The van der Waals surface area contributed by atoms with Crippen molar-refractivity contribution in [3.63, 3.8) is 0 Å². The van der Waals surface area contributed by atoms with Crippen LogP contribution in [0.2, 0.25) is 5.02 Å². The number of hydrogen-bond acceptors (Lipinski definition) is 6. The number of carbonyl (C=O) groups is 1. The Bertz CT molecular complexity index is 734. The Morgan fingerprint density at radius 3 is 3.05 bits per heavy atom. The van der Waals surface area contributed by atoms with Crippen LogP contribution in [-0.2, 0) is 9.53 Å². The highest BCUT2D eigenvalue weighted by molar-refractivity contribution is 6.31. The summed E-state index contributed by atoms with van der Waals surface area (Å²) in [6.45, 7) is 1.86. The summed E-state index contributed by atoms with van der Waals surface area (Å²) in [4.78, 5) is 15.4. The molecule has 0 fully saturated rings. The third kappa shape index (κ3) is 3.62. The second-order valence-corrected chi connectivity index (χ2v) is 4.47. The van der Waals surface area contributed by atoms with Crippen molar-refractivity contribution >= 4 is 23.3 Å². The van der Waals surface area contributed by atoms with Gasteiger partial charge in [-0.05, 0) is 25.1 Å². The highest BCUT2D eigenvalue weighted by Gasteiger charge is 2.11. The van der Waals surface area contributed by atoms with E-state index in [1.807, 2.05) is 0 Å². The number of anilines is 1. The van der Waals surface area contributed by atoms with Gasteiger partial charge in [-0.2, -0.15) is 10.4 Å². The number of esters is 1. The molecule has 0 spiro atoms. The molecule has 0 aliphatic heterocycles. The van der Waals surface area contributed by atoms with Gasteiger partial charge in [0.05, 0.1) is 18.0 Å². The van der Waals surface area contributed by atoms with Gasteiger partial charge in [-0.15, -0.1) is 0 Å². The van der Waals surface area contributed by atoms with Crippen molar-refractivity contribution in [1.29, 1.82) is 5.26 Å². The largest absolute Gasteiger partial charge is 0.462 e. The molecule has 0 amide bonds. The average molecular weight is 318 g/mol. The summed E-state index contributed by atoms with van der Waals surface area (Å²) in [5, 5.41) is 16.4. The Kier molecular flexibility index (Phi) is 5.11. The van der Waals surface area contributed by atoms with Crippen molar-refractivity contribution in [2.45, 2.75) is 6.92 Å². The summed E-state index contributed by atoms with van der Waals surface area (Å²) >= 11 is 5.98. The Morgan fingerprint density at radius 1 is 1.59 bits per heavy atom. The van der Waals surface area contributed by atoms with Crippen LogP contribution in [0.25, 0.3) is 5.69 Å². The monoisotopic (exact) mass is 317 g/mol. The molecule has 0 aliphatic rings. The zero-order valence-electron chi connectivity index (χ0n) is 11.7. The Hall–Kier alpha value is -2.85. The van der Waals surface area contributed by atoms with Crippen molar-refractivity contribution in [3.05, 3.63) is 47.6 Å². The second-order valence-electron chi connectivity index (χ2n) is 4.04. The van der Waals surface area contributed by atoms with Crippen molar-refractivity contribution in [3.8, 4) is 11.8 Å². The Labute approximate surface area is 131 Å². The lowest BCUT2D eigenvalue weighted by atomic mass is 10.2. The van der Waals surface area contributed by atoms with E-state index in [9.17, 15) is 4.79 Å². The number of nitrogens with zero attached hydrogens (tertiary/aromatic N) is 4. The fourth-order valence-corrected chi connectivity index (χ4v) is 1.82. The van der Waals surface area contributed by atoms with E-state index in [1.165, 1.54) is 23.5 Å². The molecule has 1 heterocycles. The summed E-state index contributed by atoms with van der Waals surface area (Å²) in [6, 6.07) is 6.87. The SMILES string of the molecule is CCOC(=O)/C(C#N)=C/Nc1cc(Cl)ccc1-n1cncn1. The van der Waals surface area contributed by atoms with E-state index in [4.69, 9.17) is 21.6 Å². The van der Waals surface area contributed by atoms with Crippen LogP contribution in [0.15, 0.2) is 42.6 Å². The third-order valence-electron chi connectivity index (χ3n) is 2.61. The first-order valence-corrected chi connectivity index (χ1v) is 6.72. The highest BCUT2D eigenvalue weighted by Crippen LogP contribution is 2.24. The third-order valence-corrected chi connectivity index (χ3v) is 2.85. The number of nitrogens with one attached hydrogen (secondary N) is 1. The van der Waals surface area contributed by atoms with E-state index in [-0.39, 0.29) is 12.2 Å². The molecule has 0 aliphatic carbocycles. The van der Waals surface area contributed by atoms with Gasteiger partial charge in [-0.3, -0.25) is 0 Å². The lowest BCUT2D eigenvalue weighted by molar-refractivity contribution is -0.138. The number of ether oxygens (including phenoxy) is 1. The van der Waals surface area contributed by atoms with Gasteiger partial charge in [0, 0.05) is 11.2 Å². The molecule has 0 saturated carbocycles. The van der Waals surface area contributed by atoms with Gasteiger partial charge in [0.15, 0.2) is 5.57 Å². The summed E-state index contributed by atoms with van der Waals surface area (Å²) in [6.07, 6.45) is 4.19. The number of aromatic nitrogens is 3. The van der Waals surface area contributed by atoms with Crippen molar-refractivity contribution < 1.29 is 9.53 Å². The number of carbonyl (C=O) groups excluding carboxylic acids is 1. The van der Waals surface area contributed by atoms with Gasteiger partial charge in [-0.25, -0.2) is 14.5 Å². The molecule has 0 unspecified atom stereocenters. The molecule has 0 saturated heterocycles. The van der Waals surface area contributed by atoms with Gasteiger partial charge in [-0.1, -0.05) is 11.6 Å². The Balaban J connectivity index is 2.31. The normalized spacial score (nSPS) is 10.9. The maximum absolute atomic E-state index is 11.6. The van der Waals surface area contributed by atoms with Crippen LogP contribution in [0.5, 0.6) is 0 Å². The quantitative estimate of drug-likeness (QED) is 0.517. The molecule has 1 aromatic carbocycles. The predicted octanol–water partition coefficient (Wildman–Crippen LogP) is 2.30. The lowest BCUT2D eigenvalue weighted by Crippen LogP contribution is -2.08. The number of nitriles is 1. The summed E-state index contributed by atoms with van der Waals surface area (Å²) in [5.41, 5.74) is 1.08. The van der Waals surface area contributed by atoms with Crippen LogP contribution in [0.4, 0.5) is 5.69 Å². The number of rotatable bonds is 5. The van der Waals surface area contributed by atoms with E-state index < -0.39 is 5.97 Å². The zero-order chi connectivity index (χ0) is 15.9. The molecule has 2 aromatic rings. The van der Waals surface area contributed by atoms with Crippen molar-refractivity contribution in [2.75, 3.05) is 11.9 Å². The minimum absolute atomic E-state index is 0.147. The van der Waals surface area contributed by atoms with Crippen LogP contribution in [0.1, 0.15) is 6.92 Å². The van der Waals surface area contributed by atoms with Gasteiger partial charge in [0.25, 0.3) is 0 Å². The molecule has 0 radical (unpaired) electrons. The molecular weight excluding hydrogens is 306 g/mol. The molecule has 1 aromatic heterocycles. The maximum atomic E-state index is 11.6. The standard InChI is InChI=1S/C14H12ClN5O2/c1-2-22-14(21)10(6-16)7-18-12-5-11(15)3-4-13(12)20-9-17-8-19-20/h3-5,7-9,18H,2H2,1H3/b10-7+. The predicted molar refractivity (Wildman–Crippen MR) is 80.3 cm³/mol. The minimum Gasteiger partial charge on any atom is -0.462 e. The number of benzene rings is 1. The van der Waals surface area contributed by atoms with E-state index in [2.05, 4.69) is 15.4 Å². The minimum atomic E-state index is -0.693. The van der Waals surface area contributed by atoms with Crippen molar-refractivity contribution in [2.24, 2.45) is 0 Å². The van der Waals surface area contributed by atoms with Crippen LogP contribution in [0, 0.1) is 11.3 Å². The van der Waals surface area contributed by atoms with Crippen LogP contribution in [-0.4, -0.2) is 27.3 Å². The van der Waals surface area contributed by atoms with Crippen LogP contribution < -0.4 is 5.32 Å². The maximum Gasteiger partial charge on any atom is 0.350 e. The van der Waals surface area contributed by atoms with Gasteiger partial charge in [0.2, 0.25) is 0 Å². The molecule has 1 N–H and O–H groups in total. The first-order chi connectivity index (χ1) is 10.7. The highest BCUT2D eigenvalue weighted by atomic mass is 35.5. The molecule has 112 valence electrons. The smallest absolute Gasteiger partial charge is 0.350 e. The fraction of sp³-hybridized carbons (Fsp3) is 0.143. The topological polar surface area (TPSA) is 92.8 Å². The summed E-state index contributed by atoms with van der Waals surface area (Å²) in [7, 11) is 0. The van der Waals surface area contributed by atoms with E-state index in [1.54, 1.807) is 31.2 Å². The summed E-state index contributed by atoms with van der Waals surface area (Å²) in [5.74, 6) is -0.693. The van der Waals surface area contributed by atoms with Gasteiger partial charge >= 0.3 is 5.97 Å². The average Bonchev–Trinajstić information content (AvgIpc) is 3.02. The van der Waals surface area contributed by atoms with Gasteiger partial charge < -0.3 is 10.1 Å².